The number of aryl methyl sites for hydroxylation is 1. The largest absolute Gasteiger partial charge is 0.492 e. The molecule has 5 heteroatoms. The number of nitrogens with one attached hydrogen (secondary N) is 1. The molecule has 1 atom stereocenters. The molecule has 3 aromatic rings. The molecule has 0 bridgehead atoms. The lowest BCUT2D eigenvalue weighted by atomic mass is 9.94. The van der Waals surface area contributed by atoms with E-state index >= 15 is 0 Å². The normalized spacial score (nSPS) is 15.4. The van der Waals surface area contributed by atoms with Crippen LogP contribution in [-0.2, 0) is 5.54 Å². The van der Waals surface area contributed by atoms with Crippen LogP contribution in [0.4, 0.5) is 0 Å². The van der Waals surface area contributed by atoms with Gasteiger partial charge in [-0.1, -0.05) is 24.3 Å². The van der Waals surface area contributed by atoms with Crippen molar-refractivity contribution in [3.63, 3.8) is 0 Å². The Hall–Kier alpha value is -3.18. The minimum absolute atomic E-state index is 0.0733. The molecule has 0 radical (unpaired) electrons. The number of amides is 1. The second kappa shape index (κ2) is 8.16. The van der Waals surface area contributed by atoms with Crippen molar-refractivity contribution in [2.24, 2.45) is 5.73 Å². The van der Waals surface area contributed by atoms with Gasteiger partial charge in [-0.05, 0) is 80.6 Å². The van der Waals surface area contributed by atoms with Gasteiger partial charge in [0, 0.05) is 23.2 Å². The van der Waals surface area contributed by atoms with E-state index in [9.17, 15) is 4.79 Å². The molecule has 2 aromatic carbocycles. The molecule has 1 saturated carbocycles. The Labute approximate surface area is 183 Å². The van der Waals surface area contributed by atoms with Crippen LogP contribution >= 0.6 is 0 Å². The highest BCUT2D eigenvalue weighted by atomic mass is 16.5. The second-order valence-corrected chi connectivity index (χ2v) is 8.68. The van der Waals surface area contributed by atoms with Gasteiger partial charge in [0.05, 0.1) is 11.1 Å². The SMILES string of the molecule is C=C(C)c1cc(C2(NC(=O)c3cc(OC[C@H](C)N)ccc3C)CC2)c2cccnc2c1. The molecule has 1 aromatic heterocycles. The first kappa shape index (κ1) is 21.1. The van der Waals surface area contributed by atoms with E-state index < -0.39 is 0 Å². The number of carbonyl (C=O) groups excluding carboxylic acids is 1. The van der Waals surface area contributed by atoms with E-state index in [1.807, 2.05) is 39.0 Å². The summed E-state index contributed by atoms with van der Waals surface area (Å²) in [5, 5.41) is 4.38. The molecule has 0 saturated heterocycles. The second-order valence-electron chi connectivity index (χ2n) is 8.68. The smallest absolute Gasteiger partial charge is 0.252 e. The summed E-state index contributed by atoms with van der Waals surface area (Å²) in [6.07, 6.45) is 3.58. The predicted molar refractivity (Wildman–Crippen MR) is 125 cm³/mol. The summed E-state index contributed by atoms with van der Waals surface area (Å²) in [6, 6.07) is 13.7. The third-order valence-corrected chi connectivity index (χ3v) is 5.80. The van der Waals surface area contributed by atoms with Crippen molar-refractivity contribution in [2.45, 2.75) is 45.2 Å². The van der Waals surface area contributed by atoms with Crippen molar-refractivity contribution in [1.82, 2.24) is 10.3 Å². The quantitative estimate of drug-likeness (QED) is 0.585. The number of rotatable bonds is 7. The molecule has 3 N–H and O–H groups in total. The number of hydrogen-bond donors (Lipinski definition) is 2. The fraction of sp³-hybridized carbons (Fsp3) is 0.308. The van der Waals surface area contributed by atoms with Crippen LogP contribution in [0.1, 0.15) is 53.7 Å². The van der Waals surface area contributed by atoms with Crippen LogP contribution in [0.5, 0.6) is 5.75 Å². The van der Waals surface area contributed by atoms with Crippen LogP contribution in [-0.4, -0.2) is 23.5 Å². The number of benzene rings is 2. The first-order valence-corrected chi connectivity index (χ1v) is 10.7. The van der Waals surface area contributed by atoms with Gasteiger partial charge in [-0.25, -0.2) is 0 Å². The fourth-order valence-corrected chi connectivity index (χ4v) is 3.86. The topological polar surface area (TPSA) is 77.2 Å². The van der Waals surface area contributed by atoms with E-state index in [2.05, 4.69) is 35.1 Å². The minimum atomic E-state index is -0.390. The number of allylic oxidation sites excluding steroid dienone is 1. The Morgan fingerprint density at radius 1 is 1.29 bits per heavy atom. The number of fused-ring (bicyclic) bond motifs is 1. The molecule has 160 valence electrons. The number of pyridine rings is 1. The highest BCUT2D eigenvalue weighted by Gasteiger charge is 2.47. The molecule has 0 spiro atoms. The van der Waals surface area contributed by atoms with Crippen LogP contribution in [0.3, 0.4) is 0 Å². The van der Waals surface area contributed by atoms with Gasteiger partial charge in [-0.2, -0.15) is 0 Å². The van der Waals surface area contributed by atoms with Gasteiger partial charge in [-0.3, -0.25) is 9.78 Å². The predicted octanol–water partition coefficient (Wildman–Crippen LogP) is 4.72. The Balaban J connectivity index is 1.67. The molecule has 5 nitrogen and oxygen atoms in total. The van der Waals surface area contributed by atoms with Crippen molar-refractivity contribution < 1.29 is 9.53 Å². The maximum atomic E-state index is 13.3. The molecule has 1 aliphatic carbocycles. The highest BCUT2D eigenvalue weighted by Crippen LogP contribution is 2.48. The summed E-state index contributed by atoms with van der Waals surface area (Å²) >= 11 is 0. The molecule has 1 heterocycles. The maximum Gasteiger partial charge on any atom is 0.252 e. The zero-order chi connectivity index (χ0) is 22.2. The zero-order valence-corrected chi connectivity index (χ0v) is 18.4. The Bertz CT molecular complexity index is 1160. The van der Waals surface area contributed by atoms with Crippen molar-refractivity contribution in [3.05, 3.63) is 77.5 Å². The summed E-state index contributed by atoms with van der Waals surface area (Å²) in [5.41, 5.74) is 11.0. The van der Waals surface area contributed by atoms with Crippen LogP contribution in [0.25, 0.3) is 16.5 Å². The average molecular weight is 416 g/mol. The van der Waals surface area contributed by atoms with E-state index in [1.54, 1.807) is 12.3 Å². The summed E-state index contributed by atoms with van der Waals surface area (Å²) in [7, 11) is 0. The van der Waals surface area contributed by atoms with Crippen LogP contribution in [0.2, 0.25) is 0 Å². The van der Waals surface area contributed by atoms with E-state index in [4.69, 9.17) is 10.5 Å². The van der Waals surface area contributed by atoms with Gasteiger partial charge in [0.15, 0.2) is 0 Å². The highest BCUT2D eigenvalue weighted by molar-refractivity contribution is 5.97. The number of aromatic nitrogens is 1. The monoisotopic (exact) mass is 415 g/mol. The first-order valence-electron chi connectivity index (χ1n) is 10.7. The first-order chi connectivity index (χ1) is 14.8. The molecule has 1 aliphatic rings. The van der Waals surface area contributed by atoms with E-state index in [-0.39, 0.29) is 17.5 Å². The summed E-state index contributed by atoms with van der Waals surface area (Å²) in [4.78, 5) is 17.9. The number of ether oxygens (including phenoxy) is 1. The van der Waals surface area contributed by atoms with Gasteiger partial charge in [0.25, 0.3) is 5.91 Å². The number of nitrogens with two attached hydrogens (primary N) is 1. The standard InChI is InChI=1S/C26H29N3O2/c1-16(2)19-12-23(21-6-5-11-28-24(21)13-19)26(9-10-26)29-25(30)22-14-20(8-7-17(22)3)31-15-18(4)27/h5-8,11-14,18H,1,9-10,15,27H2,2-4H3,(H,29,30)/t18-/m0/s1. The molecule has 1 fully saturated rings. The van der Waals surface area contributed by atoms with E-state index in [0.29, 0.717) is 17.9 Å². The molecule has 0 unspecified atom stereocenters. The molecular formula is C26H29N3O2. The molecular weight excluding hydrogens is 386 g/mol. The summed E-state index contributed by atoms with van der Waals surface area (Å²) in [5.74, 6) is 0.552. The third-order valence-electron chi connectivity index (χ3n) is 5.80. The lowest BCUT2D eigenvalue weighted by molar-refractivity contribution is 0.0930. The number of nitrogens with zero attached hydrogens (tertiary/aromatic N) is 1. The Morgan fingerprint density at radius 2 is 2.06 bits per heavy atom. The molecule has 1 amide bonds. The van der Waals surface area contributed by atoms with Crippen molar-refractivity contribution in [3.8, 4) is 5.75 Å². The van der Waals surface area contributed by atoms with Gasteiger partial charge in [0.2, 0.25) is 0 Å². The molecule has 31 heavy (non-hydrogen) atoms. The minimum Gasteiger partial charge on any atom is -0.492 e. The van der Waals surface area contributed by atoms with Crippen LogP contribution in [0, 0.1) is 6.92 Å². The third kappa shape index (κ3) is 4.32. The molecule has 0 aliphatic heterocycles. The van der Waals surface area contributed by atoms with Crippen molar-refractivity contribution in [1.29, 1.82) is 0 Å². The zero-order valence-electron chi connectivity index (χ0n) is 18.4. The summed E-state index contributed by atoms with van der Waals surface area (Å²) < 4.78 is 5.72. The van der Waals surface area contributed by atoms with Gasteiger partial charge < -0.3 is 15.8 Å². The van der Waals surface area contributed by atoms with Crippen molar-refractivity contribution >= 4 is 22.4 Å². The Kier molecular flexibility index (Phi) is 5.54. The maximum absolute atomic E-state index is 13.3. The fourth-order valence-electron chi connectivity index (χ4n) is 3.86. The van der Waals surface area contributed by atoms with Crippen LogP contribution < -0.4 is 15.8 Å². The van der Waals surface area contributed by atoms with E-state index in [0.717, 1.165) is 46.0 Å². The van der Waals surface area contributed by atoms with Gasteiger partial charge >= 0.3 is 0 Å². The number of carbonyl (C=O) groups is 1. The Morgan fingerprint density at radius 3 is 2.74 bits per heavy atom. The van der Waals surface area contributed by atoms with E-state index in [1.165, 1.54) is 0 Å². The summed E-state index contributed by atoms with van der Waals surface area (Å²) in [6.45, 7) is 10.3. The number of hydrogen-bond acceptors (Lipinski definition) is 4. The van der Waals surface area contributed by atoms with Crippen LogP contribution in [0.15, 0.2) is 55.2 Å². The average Bonchev–Trinajstić information content (AvgIpc) is 3.52. The lowest BCUT2D eigenvalue weighted by Gasteiger charge is -2.22. The van der Waals surface area contributed by atoms with Crippen molar-refractivity contribution in [2.75, 3.05) is 6.61 Å². The molecule has 4 rings (SSSR count). The van der Waals surface area contributed by atoms with Gasteiger partial charge in [-0.15, -0.1) is 0 Å². The van der Waals surface area contributed by atoms with Gasteiger partial charge in [0.1, 0.15) is 12.4 Å². The lowest BCUT2D eigenvalue weighted by Crippen LogP contribution is -2.35.